The molecular formula is C31H45FN2O6. The molecular weight excluding hydrogens is 515 g/mol. The Morgan fingerprint density at radius 1 is 1.00 bits per heavy atom. The van der Waals surface area contributed by atoms with Gasteiger partial charge in [0.15, 0.2) is 0 Å². The van der Waals surface area contributed by atoms with Gasteiger partial charge >= 0.3 is 0 Å². The van der Waals surface area contributed by atoms with E-state index in [4.69, 9.17) is 9.47 Å². The van der Waals surface area contributed by atoms with Crippen LogP contribution in [-0.2, 0) is 4.79 Å². The predicted molar refractivity (Wildman–Crippen MR) is 152 cm³/mol. The van der Waals surface area contributed by atoms with Crippen molar-refractivity contribution in [2.45, 2.75) is 75.7 Å². The Labute approximate surface area is 237 Å². The molecule has 1 unspecified atom stereocenters. The highest BCUT2D eigenvalue weighted by atomic mass is 19.1. The van der Waals surface area contributed by atoms with Gasteiger partial charge < -0.3 is 30.1 Å². The molecule has 222 valence electrons. The number of hydrogen-bond donors (Lipinski definition) is 4. The maximum absolute atomic E-state index is 12.8. The van der Waals surface area contributed by atoms with Crippen LogP contribution in [0.3, 0.4) is 0 Å². The maximum Gasteiger partial charge on any atom is 0.220 e. The number of aliphatic hydroxyl groups excluding tert-OH is 3. The molecule has 8 nitrogen and oxygen atoms in total. The van der Waals surface area contributed by atoms with E-state index >= 15 is 0 Å². The standard InChI is InChI=1S/C31H45FN2O6/c1-39-26-13-9-23(10-14-26)29(36)7-3-2-4-8-30(37)33-28(22-34-19-17-25(35)21-34)31(38)24-11-15-27(16-12-24)40-20-6-5-18-32/h9-16,25,28-29,31,35-36,38H,2-8,17-22H2,1H3,(H,33,37)/t25-,28-,29?,31-/m1/s1. The number of halogens is 1. The van der Waals surface area contributed by atoms with Crippen LogP contribution in [0.4, 0.5) is 4.39 Å². The van der Waals surface area contributed by atoms with Crippen LogP contribution >= 0.6 is 0 Å². The molecule has 0 aliphatic carbocycles. The number of benzene rings is 2. The zero-order valence-electron chi connectivity index (χ0n) is 23.5. The molecule has 40 heavy (non-hydrogen) atoms. The third-order valence-electron chi connectivity index (χ3n) is 7.33. The summed E-state index contributed by atoms with van der Waals surface area (Å²) in [5.74, 6) is 1.27. The van der Waals surface area contributed by atoms with Crippen LogP contribution in [0.1, 0.15) is 74.7 Å². The van der Waals surface area contributed by atoms with Crippen molar-refractivity contribution in [3.63, 3.8) is 0 Å². The number of alkyl halides is 1. The molecule has 2 aromatic rings. The van der Waals surface area contributed by atoms with Crippen molar-refractivity contribution in [1.29, 1.82) is 0 Å². The van der Waals surface area contributed by atoms with E-state index < -0.39 is 24.4 Å². The molecule has 0 spiro atoms. The SMILES string of the molecule is COc1ccc(C(O)CCCCCC(=O)N[C@H](CN2CC[C@@H](O)C2)[C@H](O)c2ccc(OCCCCF)cc2)cc1. The van der Waals surface area contributed by atoms with Crippen LogP contribution < -0.4 is 14.8 Å². The number of nitrogens with zero attached hydrogens (tertiary/aromatic N) is 1. The van der Waals surface area contributed by atoms with Crippen molar-refractivity contribution >= 4 is 5.91 Å². The van der Waals surface area contributed by atoms with Crippen molar-refractivity contribution in [1.82, 2.24) is 10.2 Å². The van der Waals surface area contributed by atoms with Gasteiger partial charge in [0.1, 0.15) is 17.6 Å². The number of likely N-dealkylation sites (tertiary alicyclic amines) is 1. The van der Waals surface area contributed by atoms with Crippen LogP contribution in [0.2, 0.25) is 0 Å². The Morgan fingerprint density at radius 2 is 1.70 bits per heavy atom. The third kappa shape index (κ3) is 10.7. The molecule has 1 aliphatic rings. The lowest BCUT2D eigenvalue weighted by Crippen LogP contribution is -2.47. The average molecular weight is 561 g/mol. The van der Waals surface area contributed by atoms with Crippen molar-refractivity contribution < 1.29 is 34.0 Å². The molecule has 1 saturated heterocycles. The molecule has 0 aromatic heterocycles. The molecule has 2 aromatic carbocycles. The number of hydrogen-bond acceptors (Lipinski definition) is 7. The summed E-state index contributed by atoms with van der Waals surface area (Å²) < 4.78 is 23.0. The Balaban J connectivity index is 1.47. The minimum Gasteiger partial charge on any atom is -0.497 e. The van der Waals surface area contributed by atoms with Crippen LogP contribution in [0.25, 0.3) is 0 Å². The molecule has 1 heterocycles. The predicted octanol–water partition coefficient (Wildman–Crippen LogP) is 4.09. The van der Waals surface area contributed by atoms with Crippen LogP contribution in [-0.4, -0.2) is 78.3 Å². The minimum atomic E-state index is -0.929. The summed E-state index contributed by atoms with van der Waals surface area (Å²) in [6.45, 7) is 1.73. The lowest BCUT2D eigenvalue weighted by molar-refractivity contribution is -0.123. The second-order valence-electron chi connectivity index (χ2n) is 10.5. The third-order valence-corrected chi connectivity index (χ3v) is 7.33. The molecule has 1 amide bonds. The molecule has 0 saturated carbocycles. The van der Waals surface area contributed by atoms with Crippen molar-refractivity contribution in [3.8, 4) is 11.5 Å². The fraction of sp³-hybridized carbons (Fsp3) is 0.581. The zero-order valence-corrected chi connectivity index (χ0v) is 23.5. The molecule has 0 bridgehead atoms. The number of methoxy groups -OCH3 is 1. The van der Waals surface area contributed by atoms with Crippen LogP contribution in [0, 0.1) is 0 Å². The Bertz CT molecular complexity index is 990. The van der Waals surface area contributed by atoms with Gasteiger partial charge in [0.2, 0.25) is 5.91 Å². The first-order valence-electron chi connectivity index (χ1n) is 14.4. The summed E-state index contributed by atoms with van der Waals surface area (Å²) in [6, 6.07) is 13.9. The van der Waals surface area contributed by atoms with Gasteiger partial charge in [-0.2, -0.15) is 0 Å². The first-order chi connectivity index (χ1) is 19.4. The largest absolute Gasteiger partial charge is 0.497 e. The molecule has 1 aliphatic heterocycles. The number of aliphatic hydroxyl groups is 3. The van der Waals surface area contributed by atoms with Gasteiger partial charge in [0, 0.05) is 26.1 Å². The Kier molecular flexibility index (Phi) is 13.7. The normalized spacial score (nSPS) is 17.8. The highest BCUT2D eigenvalue weighted by Crippen LogP contribution is 2.24. The molecule has 4 atom stereocenters. The zero-order chi connectivity index (χ0) is 28.7. The van der Waals surface area contributed by atoms with E-state index in [0.29, 0.717) is 76.1 Å². The van der Waals surface area contributed by atoms with Gasteiger partial charge in [0.25, 0.3) is 0 Å². The maximum atomic E-state index is 12.8. The first kappa shape index (κ1) is 31.8. The highest BCUT2D eigenvalue weighted by molar-refractivity contribution is 5.76. The number of amides is 1. The minimum absolute atomic E-state index is 0.132. The molecule has 3 rings (SSSR count). The second-order valence-corrected chi connectivity index (χ2v) is 10.5. The fourth-order valence-corrected chi connectivity index (χ4v) is 4.93. The van der Waals surface area contributed by atoms with E-state index in [2.05, 4.69) is 10.2 Å². The van der Waals surface area contributed by atoms with Crippen molar-refractivity contribution in [3.05, 3.63) is 59.7 Å². The van der Waals surface area contributed by atoms with E-state index in [1.807, 2.05) is 24.3 Å². The lowest BCUT2D eigenvalue weighted by atomic mass is 10.0. The van der Waals surface area contributed by atoms with Gasteiger partial charge in [-0.1, -0.05) is 37.1 Å². The van der Waals surface area contributed by atoms with Crippen LogP contribution in [0.15, 0.2) is 48.5 Å². The molecule has 4 N–H and O–H groups in total. The average Bonchev–Trinajstić information content (AvgIpc) is 3.39. The topological polar surface area (TPSA) is 111 Å². The number of β-amino-alcohol motifs (C(OH)–C–C–N with tert-alkyl or cyclic N) is 1. The summed E-state index contributed by atoms with van der Waals surface area (Å²) in [7, 11) is 1.61. The van der Waals surface area contributed by atoms with Crippen molar-refractivity contribution in [2.75, 3.05) is 40.0 Å². The van der Waals surface area contributed by atoms with Gasteiger partial charge in [-0.3, -0.25) is 14.1 Å². The molecule has 0 radical (unpaired) electrons. The number of carbonyl (C=O) groups is 1. The summed E-state index contributed by atoms with van der Waals surface area (Å²) in [5.41, 5.74) is 1.51. The van der Waals surface area contributed by atoms with E-state index in [1.165, 1.54) is 0 Å². The number of nitrogens with one attached hydrogen (secondary N) is 1. The fourth-order valence-electron chi connectivity index (χ4n) is 4.93. The summed E-state index contributed by atoms with van der Waals surface area (Å²) in [5, 5.41) is 34.6. The van der Waals surface area contributed by atoms with Crippen LogP contribution in [0.5, 0.6) is 11.5 Å². The Hall–Kier alpha value is -2.72. The Morgan fingerprint density at radius 3 is 2.35 bits per heavy atom. The summed E-state index contributed by atoms with van der Waals surface area (Å²) in [6.07, 6.45) is 3.13. The summed E-state index contributed by atoms with van der Waals surface area (Å²) in [4.78, 5) is 14.9. The van der Waals surface area contributed by atoms with E-state index in [9.17, 15) is 24.5 Å². The summed E-state index contributed by atoms with van der Waals surface area (Å²) >= 11 is 0. The first-order valence-corrected chi connectivity index (χ1v) is 14.4. The van der Waals surface area contributed by atoms with Crippen molar-refractivity contribution in [2.24, 2.45) is 0 Å². The number of ether oxygens (including phenoxy) is 2. The van der Waals surface area contributed by atoms with E-state index in [1.54, 1.807) is 31.4 Å². The quantitative estimate of drug-likeness (QED) is 0.203. The molecule has 1 fully saturated rings. The number of unbranched alkanes of at least 4 members (excludes halogenated alkanes) is 3. The highest BCUT2D eigenvalue weighted by Gasteiger charge is 2.29. The van der Waals surface area contributed by atoms with E-state index in [0.717, 1.165) is 24.2 Å². The monoisotopic (exact) mass is 560 g/mol. The second kappa shape index (κ2) is 17.2. The molecule has 9 heteroatoms. The van der Waals surface area contributed by atoms with E-state index in [-0.39, 0.29) is 12.6 Å². The van der Waals surface area contributed by atoms with Gasteiger partial charge in [-0.05, 0) is 67.5 Å². The van der Waals surface area contributed by atoms with Gasteiger partial charge in [-0.25, -0.2) is 0 Å². The van der Waals surface area contributed by atoms with Gasteiger partial charge in [0.05, 0.1) is 38.6 Å². The smallest absolute Gasteiger partial charge is 0.220 e. The number of rotatable bonds is 18. The lowest BCUT2D eigenvalue weighted by Gasteiger charge is -2.29. The van der Waals surface area contributed by atoms with Gasteiger partial charge in [-0.15, -0.1) is 0 Å². The number of carbonyl (C=O) groups excluding carboxylic acids is 1.